The maximum absolute atomic E-state index is 12.6. The smallest absolute Gasteiger partial charge is 0.274 e. The van der Waals surface area contributed by atoms with Gasteiger partial charge in [0.2, 0.25) is 0 Å². The van der Waals surface area contributed by atoms with Crippen LogP contribution in [0.3, 0.4) is 0 Å². The zero-order valence-corrected chi connectivity index (χ0v) is 16.0. The van der Waals surface area contributed by atoms with Gasteiger partial charge in [0.15, 0.2) is 29.3 Å². The molecule has 0 spiro atoms. The molecule has 0 aliphatic rings. The Morgan fingerprint density at radius 2 is 1.96 bits per heavy atom. The second-order valence-electron chi connectivity index (χ2n) is 5.82. The van der Waals surface area contributed by atoms with Crippen molar-refractivity contribution in [3.8, 4) is 22.8 Å². The maximum atomic E-state index is 12.6. The zero-order chi connectivity index (χ0) is 19.4. The number of ether oxygens (including phenoxy) is 2. The number of nitrogens with zero attached hydrogens (tertiary/aromatic N) is 1. The zero-order valence-electron chi connectivity index (χ0n) is 15.2. The Morgan fingerprint density at radius 1 is 1.19 bits per heavy atom. The van der Waals surface area contributed by atoms with Crippen LogP contribution in [0.4, 0.5) is 0 Å². The molecule has 0 radical (unpaired) electrons. The van der Waals surface area contributed by atoms with Gasteiger partial charge in [-0.25, -0.2) is 4.98 Å². The van der Waals surface area contributed by atoms with Crippen LogP contribution in [0.2, 0.25) is 5.02 Å². The fourth-order valence-electron chi connectivity index (χ4n) is 2.73. The highest BCUT2D eigenvalue weighted by atomic mass is 35.5. The number of carbonyl (C=O) groups excluding carboxylic acids is 1. The van der Waals surface area contributed by atoms with Crippen molar-refractivity contribution in [2.24, 2.45) is 0 Å². The molecule has 27 heavy (non-hydrogen) atoms. The summed E-state index contributed by atoms with van der Waals surface area (Å²) >= 11 is 6.22. The predicted molar refractivity (Wildman–Crippen MR) is 102 cm³/mol. The standard InChI is InChI=1S/C20H19ClN2O4/c1-12-5-4-6-15(21)14(12)10-22-20(24)18-19(27-11-23-18)13-7-8-16(25-2)17(9-13)26-3/h4-9,11H,10H2,1-3H3,(H,22,24). The van der Waals surface area contributed by atoms with E-state index in [9.17, 15) is 4.79 Å². The first kappa shape index (κ1) is 18.8. The molecule has 0 saturated heterocycles. The van der Waals surface area contributed by atoms with Gasteiger partial charge in [0.25, 0.3) is 5.91 Å². The minimum atomic E-state index is -0.354. The van der Waals surface area contributed by atoms with Gasteiger partial charge in [-0.3, -0.25) is 4.79 Å². The summed E-state index contributed by atoms with van der Waals surface area (Å²) in [6, 6.07) is 10.9. The van der Waals surface area contributed by atoms with Gasteiger partial charge in [0, 0.05) is 17.1 Å². The van der Waals surface area contributed by atoms with E-state index >= 15 is 0 Å². The first-order chi connectivity index (χ1) is 13.0. The molecule has 0 saturated carbocycles. The fourth-order valence-corrected chi connectivity index (χ4v) is 3.02. The fraction of sp³-hybridized carbons (Fsp3) is 0.200. The summed E-state index contributed by atoms with van der Waals surface area (Å²) in [7, 11) is 3.10. The van der Waals surface area contributed by atoms with Crippen LogP contribution in [0.1, 0.15) is 21.6 Å². The van der Waals surface area contributed by atoms with Crippen molar-refractivity contribution in [2.45, 2.75) is 13.5 Å². The Balaban J connectivity index is 1.83. The van der Waals surface area contributed by atoms with Crippen molar-refractivity contribution in [3.05, 3.63) is 64.6 Å². The van der Waals surface area contributed by atoms with Crippen LogP contribution in [-0.4, -0.2) is 25.1 Å². The van der Waals surface area contributed by atoms with E-state index in [1.165, 1.54) is 6.39 Å². The van der Waals surface area contributed by atoms with Crippen LogP contribution < -0.4 is 14.8 Å². The third-order valence-electron chi connectivity index (χ3n) is 4.21. The Morgan fingerprint density at radius 3 is 2.67 bits per heavy atom. The van der Waals surface area contributed by atoms with Crippen molar-refractivity contribution >= 4 is 17.5 Å². The van der Waals surface area contributed by atoms with Gasteiger partial charge < -0.3 is 19.2 Å². The van der Waals surface area contributed by atoms with E-state index in [-0.39, 0.29) is 11.6 Å². The van der Waals surface area contributed by atoms with Crippen molar-refractivity contribution in [1.29, 1.82) is 0 Å². The molecule has 1 amide bonds. The van der Waals surface area contributed by atoms with E-state index in [1.807, 2.05) is 19.1 Å². The van der Waals surface area contributed by atoms with Gasteiger partial charge in [0.05, 0.1) is 14.2 Å². The number of amides is 1. The van der Waals surface area contributed by atoms with Crippen molar-refractivity contribution in [3.63, 3.8) is 0 Å². The molecule has 1 N–H and O–H groups in total. The van der Waals surface area contributed by atoms with Gasteiger partial charge in [0.1, 0.15) is 0 Å². The second kappa shape index (κ2) is 8.14. The Labute approximate surface area is 162 Å². The summed E-state index contributed by atoms with van der Waals surface area (Å²) in [5, 5.41) is 3.45. The Bertz CT molecular complexity index is 948. The number of oxazole rings is 1. The summed E-state index contributed by atoms with van der Waals surface area (Å²) in [5.74, 6) is 1.11. The van der Waals surface area contributed by atoms with E-state index in [1.54, 1.807) is 38.5 Å². The van der Waals surface area contributed by atoms with Crippen LogP contribution in [0.15, 0.2) is 47.2 Å². The molecule has 6 nitrogen and oxygen atoms in total. The van der Waals surface area contributed by atoms with E-state index in [2.05, 4.69) is 10.3 Å². The minimum absolute atomic E-state index is 0.187. The number of hydrogen-bond donors (Lipinski definition) is 1. The van der Waals surface area contributed by atoms with E-state index in [4.69, 9.17) is 25.5 Å². The molecular weight excluding hydrogens is 368 g/mol. The highest BCUT2D eigenvalue weighted by Gasteiger charge is 2.20. The lowest BCUT2D eigenvalue weighted by Crippen LogP contribution is -2.24. The molecule has 7 heteroatoms. The number of benzene rings is 2. The number of methoxy groups -OCH3 is 2. The summed E-state index contributed by atoms with van der Waals surface area (Å²) < 4.78 is 16.0. The van der Waals surface area contributed by atoms with Gasteiger partial charge in [-0.05, 0) is 42.3 Å². The number of aromatic nitrogens is 1. The minimum Gasteiger partial charge on any atom is -0.493 e. The molecule has 0 fully saturated rings. The second-order valence-corrected chi connectivity index (χ2v) is 6.23. The summed E-state index contributed by atoms with van der Waals surface area (Å²) in [6.45, 7) is 2.24. The monoisotopic (exact) mass is 386 g/mol. The largest absolute Gasteiger partial charge is 0.493 e. The molecule has 0 aliphatic heterocycles. The third kappa shape index (κ3) is 3.90. The molecule has 3 rings (SSSR count). The molecule has 140 valence electrons. The van der Waals surface area contributed by atoms with E-state index in [0.717, 1.165) is 11.1 Å². The lowest BCUT2D eigenvalue weighted by molar-refractivity contribution is 0.0946. The average Bonchev–Trinajstić information content (AvgIpc) is 3.16. The normalized spacial score (nSPS) is 10.5. The van der Waals surface area contributed by atoms with E-state index < -0.39 is 0 Å². The quantitative estimate of drug-likeness (QED) is 0.685. The van der Waals surface area contributed by atoms with Crippen LogP contribution in [0, 0.1) is 6.92 Å². The molecule has 1 heterocycles. The molecule has 1 aromatic heterocycles. The molecule has 3 aromatic rings. The number of nitrogens with one attached hydrogen (secondary N) is 1. The topological polar surface area (TPSA) is 73.6 Å². The first-order valence-electron chi connectivity index (χ1n) is 8.23. The molecule has 0 aliphatic carbocycles. The molecule has 0 unspecified atom stereocenters. The summed E-state index contributed by atoms with van der Waals surface area (Å²) in [4.78, 5) is 16.7. The number of hydrogen-bond acceptors (Lipinski definition) is 5. The molecule has 0 bridgehead atoms. The van der Waals surface area contributed by atoms with Gasteiger partial charge >= 0.3 is 0 Å². The van der Waals surface area contributed by atoms with Crippen LogP contribution in [0.25, 0.3) is 11.3 Å². The van der Waals surface area contributed by atoms with Gasteiger partial charge in [-0.15, -0.1) is 0 Å². The lowest BCUT2D eigenvalue weighted by atomic mass is 10.1. The Hall–Kier alpha value is -2.99. The highest BCUT2D eigenvalue weighted by Crippen LogP contribution is 2.33. The number of rotatable bonds is 6. The number of aryl methyl sites for hydroxylation is 1. The Kier molecular flexibility index (Phi) is 5.66. The van der Waals surface area contributed by atoms with Crippen LogP contribution in [-0.2, 0) is 6.54 Å². The average molecular weight is 387 g/mol. The molecular formula is C20H19ClN2O4. The van der Waals surface area contributed by atoms with Crippen molar-refractivity contribution in [1.82, 2.24) is 10.3 Å². The third-order valence-corrected chi connectivity index (χ3v) is 4.56. The number of carbonyl (C=O) groups is 1. The maximum Gasteiger partial charge on any atom is 0.274 e. The predicted octanol–water partition coefficient (Wildman–Crippen LogP) is 4.25. The lowest BCUT2D eigenvalue weighted by Gasteiger charge is -2.10. The van der Waals surface area contributed by atoms with Crippen molar-refractivity contribution < 1.29 is 18.7 Å². The summed E-state index contributed by atoms with van der Waals surface area (Å²) in [6.07, 6.45) is 1.24. The van der Waals surface area contributed by atoms with Crippen molar-refractivity contribution in [2.75, 3.05) is 14.2 Å². The summed E-state index contributed by atoms with van der Waals surface area (Å²) in [5.41, 5.74) is 2.71. The SMILES string of the molecule is COc1ccc(-c2ocnc2C(=O)NCc2c(C)cccc2Cl)cc1OC. The van der Waals surface area contributed by atoms with Crippen LogP contribution in [0.5, 0.6) is 11.5 Å². The van der Waals surface area contributed by atoms with Crippen LogP contribution >= 0.6 is 11.6 Å². The van der Waals surface area contributed by atoms with E-state index in [0.29, 0.717) is 34.4 Å². The van der Waals surface area contributed by atoms with Gasteiger partial charge in [-0.1, -0.05) is 23.7 Å². The highest BCUT2D eigenvalue weighted by molar-refractivity contribution is 6.31. The number of halogens is 1. The van der Waals surface area contributed by atoms with Gasteiger partial charge in [-0.2, -0.15) is 0 Å². The first-order valence-corrected chi connectivity index (χ1v) is 8.61. The molecule has 2 aromatic carbocycles. The molecule has 0 atom stereocenters.